The highest BCUT2D eigenvalue weighted by Gasteiger charge is 2.54. The Morgan fingerprint density at radius 1 is 1.12 bits per heavy atom. The first-order valence-electron chi connectivity index (χ1n) is 11.6. The van der Waals surface area contributed by atoms with Crippen molar-refractivity contribution in [2.24, 2.45) is 5.41 Å². The van der Waals surface area contributed by atoms with Crippen LogP contribution >= 0.6 is 0 Å². The van der Waals surface area contributed by atoms with Gasteiger partial charge < -0.3 is 9.42 Å². The summed E-state index contributed by atoms with van der Waals surface area (Å²) in [6, 6.07) is 8.84. The molecule has 0 unspecified atom stereocenters. The maximum atomic E-state index is 5.43. The highest BCUT2D eigenvalue weighted by Crippen LogP contribution is 2.56. The van der Waals surface area contributed by atoms with E-state index in [1.165, 1.54) is 31.5 Å². The minimum atomic E-state index is -0.152. The molecule has 1 aromatic carbocycles. The fraction of sp³-hybridized carbons (Fsp3) is 0.520. The first-order valence-corrected chi connectivity index (χ1v) is 11.6. The van der Waals surface area contributed by atoms with E-state index >= 15 is 0 Å². The summed E-state index contributed by atoms with van der Waals surface area (Å²) in [5.74, 6) is 3.15. The molecule has 2 saturated carbocycles. The molecule has 2 aromatic heterocycles. The van der Waals surface area contributed by atoms with Gasteiger partial charge in [0.1, 0.15) is 12.2 Å². The number of benzene rings is 1. The van der Waals surface area contributed by atoms with E-state index in [9.17, 15) is 0 Å². The lowest BCUT2D eigenvalue weighted by molar-refractivity contribution is -0.0630. The number of nitrogens with zero attached hydrogens (tertiary/aromatic N) is 6. The van der Waals surface area contributed by atoms with Crippen molar-refractivity contribution in [2.45, 2.75) is 63.8 Å². The molecule has 1 aliphatic heterocycles. The molecule has 0 amide bonds. The lowest BCUT2D eigenvalue weighted by Gasteiger charge is -2.60. The normalized spacial score (nSPS) is 20.3. The monoisotopic (exact) mass is 430 g/mol. The van der Waals surface area contributed by atoms with Crippen molar-refractivity contribution in [3.8, 4) is 11.4 Å². The van der Waals surface area contributed by atoms with Crippen LogP contribution < -0.4 is 0 Å². The highest BCUT2D eigenvalue weighted by atomic mass is 16.5. The second kappa shape index (κ2) is 6.77. The molecule has 0 N–H and O–H groups in total. The van der Waals surface area contributed by atoms with Gasteiger partial charge in [0.05, 0.1) is 6.04 Å². The van der Waals surface area contributed by atoms with E-state index in [2.05, 4.69) is 81.4 Å². The summed E-state index contributed by atoms with van der Waals surface area (Å²) in [6.07, 6.45) is 6.68. The van der Waals surface area contributed by atoms with Gasteiger partial charge in [0.2, 0.25) is 11.7 Å². The Labute approximate surface area is 188 Å². The van der Waals surface area contributed by atoms with Crippen LogP contribution in [0, 0.1) is 5.41 Å². The van der Waals surface area contributed by atoms with Crippen LogP contribution in [-0.2, 0) is 5.41 Å². The van der Waals surface area contributed by atoms with Gasteiger partial charge in [-0.25, -0.2) is 9.67 Å². The number of rotatable bonds is 5. The Bertz CT molecular complexity index is 1150. The zero-order valence-electron chi connectivity index (χ0n) is 19.1. The van der Waals surface area contributed by atoms with Gasteiger partial charge in [-0.3, -0.25) is 0 Å². The predicted molar refractivity (Wildman–Crippen MR) is 122 cm³/mol. The van der Waals surface area contributed by atoms with E-state index in [0.717, 1.165) is 29.9 Å². The molecule has 0 bridgehead atoms. The summed E-state index contributed by atoms with van der Waals surface area (Å²) in [5, 5.41) is 8.68. The van der Waals surface area contributed by atoms with E-state index in [4.69, 9.17) is 4.52 Å². The summed E-state index contributed by atoms with van der Waals surface area (Å²) in [4.78, 5) is 11.5. The molecule has 166 valence electrons. The van der Waals surface area contributed by atoms with Gasteiger partial charge in [-0.15, -0.1) is 0 Å². The summed E-state index contributed by atoms with van der Waals surface area (Å²) in [7, 11) is 0. The molecule has 1 spiro atoms. The standard InChI is InChI=1S/C25H30N6O/c1-16(17-5-7-18(8-6-17)21-28-23(32-29-21)24(2,3)4)30-13-25(14-30)11-20(12-25)31-22(19-9-10-19)26-15-27-31/h5-8,15,19-20H,1,9-14H2,2-4H3. The first kappa shape index (κ1) is 19.7. The second-order valence-electron chi connectivity index (χ2n) is 11.0. The van der Waals surface area contributed by atoms with Gasteiger partial charge in [-0.1, -0.05) is 56.8 Å². The molecule has 2 aliphatic carbocycles. The molecule has 3 aromatic rings. The topological polar surface area (TPSA) is 72.9 Å². The van der Waals surface area contributed by atoms with Crippen LogP contribution in [0.15, 0.2) is 41.7 Å². The summed E-state index contributed by atoms with van der Waals surface area (Å²) in [5.41, 5.74) is 3.47. The second-order valence-corrected chi connectivity index (χ2v) is 11.0. The van der Waals surface area contributed by atoms with E-state index in [0.29, 0.717) is 29.1 Å². The van der Waals surface area contributed by atoms with Crippen molar-refractivity contribution in [2.75, 3.05) is 13.1 Å². The van der Waals surface area contributed by atoms with Crippen LogP contribution in [0.4, 0.5) is 0 Å². The zero-order chi connectivity index (χ0) is 22.1. The van der Waals surface area contributed by atoms with E-state index in [1.54, 1.807) is 6.33 Å². The van der Waals surface area contributed by atoms with Crippen molar-refractivity contribution in [3.05, 3.63) is 54.5 Å². The van der Waals surface area contributed by atoms with E-state index in [-0.39, 0.29) is 5.41 Å². The van der Waals surface area contributed by atoms with Crippen molar-refractivity contribution < 1.29 is 4.52 Å². The van der Waals surface area contributed by atoms with Crippen molar-refractivity contribution in [3.63, 3.8) is 0 Å². The molecule has 7 heteroatoms. The fourth-order valence-electron chi connectivity index (χ4n) is 5.14. The van der Waals surface area contributed by atoms with Crippen molar-refractivity contribution in [1.82, 2.24) is 29.8 Å². The number of aromatic nitrogens is 5. The smallest absolute Gasteiger partial charge is 0.232 e. The SMILES string of the molecule is C=C(c1ccc(-c2noc(C(C)(C)C)n2)cc1)N1CC2(CC(n3ncnc3C3CC3)C2)C1. The van der Waals surface area contributed by atoms with Crippen LogP contribution in [-0.4, -0.2) is 42.9 Å². The number of hydrogen-bond acceptors (Lipinski definition) is 6. The molecule has 3 heterocycles. The van der Waals surface area contributed by atoms with E-state index in [1.807, 2.05) is 0 Å². The predicted octanol–water partition coefficient (Wildman–Crippen LogP) is 4.81. The molecule has 3 aliphatic rings. The Kier molecular flexibility index (Phi) is 4.17. The van der Waals surface area contributed by atoms with Gasteiger partial charge in [0, 0.05) is 41.1 Å². The fourth-order valence-corrected chi connectivity index (χ4v) is 5.14. The Balaban J connectivity index is 1.07. The Morgan fingerprint density at radius 3 is 2.47 bits per heavy atom. The van der Waals surface area contributed by atoms with Crippen molar-refractivity contribution >= 4 is 5.70 Å². The number of likely N-dealkylation sites (tertiary alicyclic amines) is 1. The number of hydrogen-bond donors (Lipinski definition) is 0. The zero-order valence-corrected chi connectivity index (χ0v) is 19.1. The summed E-state index contributed by atoms with van der Waals surface area (Å²) >= 11 is 0. The van der Waals surface area contributed by atoms with Crippen LogP contribution in [0.5, 0.6) is 0 Å². The lowest BCUT2D eigenvalue weighted by atomic mass is 9.60. The maximum absolute atomic E-state index is 5.43. The minimum Gasteiger partial charge on any atom is -0.370 e. The Hall–Kier alpha value is -2.96. The van der Waals surface area contributed by atoms with Gasteiger partial charge in [0.15, 0.2) is 0 Å². The highest BCUT2D eigenvalue weighted by molar-refractivity contribution is 5.66. The lowest BCUT2D eigenvalue weighted by Crippen LogP contribution is -2.61. The first-order chi connectivity index (χ1) is 15.3. The molecule has 32 heavy (non-hydrogen) atoms. The molecule has 0 radical (unpaired) electrons. The van der Waals surface area contributed by atoms with Crippen LogP contribution in [0.25, 0.3) is 17.1 Å². The third-order valence-corrected chi connectivity index (χ3v) is 7.20. The summed E-state index contributed by atoms with van der Waals surface area (Å²) < 4.78 is 7.64. The molecule has 7 nitrogen and oxygen atoms in total. The van der Waals surface area contributed by atoms with Crippen LogP contribution in [0.3, 0.4) is 0 Å². The molecule has 1 saturated heterocycles. The third kappa shape index (κ3) is 3.26. The average Bonchev–Trinajstić information content (AvgIpc) is 3.22. The molecule has 3 fully saturated rings. The van der Waals surface area contributed by atoms with Crippen LogP contribution in [0.1, 0.15) is 75.7 Å². The molecule has 6 rings (SSSR count). The van der Waals surface area contributed by atoms with Gasteiger partial charge in [-0.2, -0.15) is 10.1 Å². The molecular weight excluding hydrogens is 400 g/mol. The molecule has 0 atom stereocenters. The summed E-state index contributed by atoms with van der Waals surface area (Å²) in [6.45, 7) is 12.7. The van der Waals surface area contributed by atoms with Gasteiger partial charge in [0.25, 0.3) is 0 Å². The van der Waals surface area contributed by atoms with Crippen molar-refractivity contribution in [1.29, 1.82) is 0 Å². The average molecular weight is 431 g/mol. The van der Waals surface area contributed by atoms with Gasteiger partial charge in [-0.05, 0) is 31.2 Å². The van der Waals surface area contributed by atoms with E-state index < -0.39 is 0 Å². The maximum Gasteiger partial charge on any atom is 0.232 e. The molecular formula is C25H30N6O. The Morgan fingerprint density at radius 2 is 1.84 bits per heavy atom. The van der Waals surface area contributed by atoms with Crippen LogP contribution in [0.2, 0.25) is 0 Å². The minimum absolute atomic E-state index is 0.152. The largest absolute Gasteiger partial charge is 0.370 e. The van der Waals surface area contributed by atoms with Gasteiger partial charge >= 0.3 is 0 Å². The third-order valence-electron chi connectivity index (χ3n) is 7.20. The quantitative estimate of drug-likeness (QED) is 0.578.